The monoisotopic (exact) mass is 193 g/mol. The molecule has 0 aromatic heterocycles. The zero-order valence-corrected chi connectivity index (χ0v) is 9.39. The van der Waals surface area contributed by atoms with Crippen LogP contribution < -0.4 is 5.09 Å². The van der Waals surface area contributed by atoms with E-state index in [9.17, 15) is 0 Å². The standard InChI is InChI=1S/C8H20NO2P/c1-6(2)8(5,7(3)4)9-12(10)11/h6-7,9-11H,1-5H3. The first-order valence-electron chi connectivity index (χ1n) is 4.26. The highest BCUT2D eigenvalue weighted by Gasteiger charge is 2.33. The number of rotatable bonds is 4. The van der Waals surface area contributed by atoms with Crippen molar-refractivity contribution in [2.45, 2.75) is 40.2 Å². The van der Waals surface area contributed by atoms with Gasteiger partial charge < -0.3 is 9.79 Å². The highest BCUT2D eigenvalue weighted by molar-refractivity contribution is 7.42. The molecule has 0 fully saturated rings. The third kappa shape index (κ3) is 2.98. The van der Waals surface area contributed by atoms with Gasteiger partial charge in [0.1, 0.15) is 0 Å². The van der Waals surface area contributed by atoms with Gasteiger partial charge in [0.25, 0.3) is 8.53 Å². The molecule has 0 aromatic carbocycles. The van der Waals surface area contributed by atoms with E-state index in [2.05, 4.69) is 32.8 Å². The molecule has 0 aliphatic rings. The van der Waals surface area contributed by atoms with E-state index in [4.69, 9.17) is 9.79 Å². The average Bonchev–Trinajstić information content (AvgIpc) is 1.84. The Balaban J connectivity index is 4.40. The predicted octanol–water partition coefficient (Wildman–Crippen LogP) is 1.86. The van der Waals surface area contributed by atoms with Crippen LogP contribution in [0.15, 0.2) is 0 Å². The molecule has 0 aliphatic carbocycles. The quantitative estimate of drug-likeness (QED) is 0.597. The van der Waals surface area contributed by atoms with E-state index < -0.39 is 8.53 Å². The second-order valence-electron chi connectivity index (χ2n) is 3.99. The van der Waals surface area contributed by atoms with E-state index in [1.807, 2.05) is 6.92 Å². The molecule has 12 heavy (non-hydrogen) atoms. The molecule has 0 spiro atoms. The lowest BCUT2D eigenvalue weighted by Crippen LogP contribution is -2.48. The van der Waals surface area contributed by atoms with Crippen LogP contribution in [-0.4, -0.2) is 15.3 Å². The summed E-state index contributed by atoms with van der Waals surface area (Å²) >= 11 is 0. The Morgan fingerprint density at radius 3 is 1.50 bits per heavy atom. The largest absolute Gasteiger partial charge is 0.338 e. The summed E-state index contributed by atoms with van der Waals surface area (Å²) in [4.78, 5) is 17.8. The number of nitrogens with one attached hydrogen (secondary N) is 1. The normalized spacial score (nSPS) is 13.5. The number of hydrogen-bond donors (Lipinski definition) is 3. The van der Waals surface area contributed by atoms with Gasteiger partial charge in [-0.2, -0.15) is 0 Å². The summed E-state index contributed by atoms with van der Waals surface area (Å²) in [5.74, 6) is 0.753. The molecule has 0 rings (SSSR count). The third-order valence-electron chi connectivity index (χ3n) is 2.74. The molecule has 0 aliphatic heterocycles. The number of hydrogen-bond acceptors (Lipinski definition) is 3. The fourth-order valence-corrected chi connectivity index (χ4v) is 2.09. The molecule has 0 amide bonds. The van der Waals surface area contributed by atoms with Crippen LogP contribution in [0, 0.1) is 11.8 Å². The van der Waals surface area contributed by atoms with Gasteiger partial charge >= 0.3 is 0 Å². The predicted molar refractivity (Wildman–Crippen MR) is 52.6 cm³/mol. The van der Waals surface area contributed by atoms with E-state index in [0.29, 0.717) is 11.8 Å². The maximum Gasteiger partial charge on any atom is 0.250 e. The van der Waals surface area contributed by atoms with Crippen LogP contribution >= 0.6 is 8.53 Å². The summed E-state index contributed by atoms with van der Waals surface area (Å²) in [7, 11) is -2.00. The van der Waals surface area contributed by atoms with Gasteiger partial charge in [-0.1, -0.05) is 27.7 Å². The van der Waals surface area contributed by atoms with Crippen molar-refractivity contribution < 1.29 is 9.79 Å². The molecule has 0 bridgehead atoms. The Kier molecular flexibility index (Phi) is 4.64. The van der Waals surface area contributed by atoms with Crippen molar-refractivity contribution in [3.8, 4) is 0 Å². The molecule has 74 valence electrons. The lowest BCUT2D eigenvalue weighted by Gasteiger charge is -2.38. The molecular weight excluding hydrogens is 173 g/mol. The Hall–Kier alpha value is 0.310. The minimum atomic E-state index is -2.00. The molecule has 0 atom stereocenters. The molecule has 0 unspecified atom stereocenters. The van der Waals surface area contributed by atoms with Gasteiger partial charge in [0.15, 0.2) is 0 Å². The SMILES string of the molecule is CC(C)C(C)(NP(O)O)C(C)C. The second kappa shape index (κ2) is 4.52. The summed E-state index contributed by atoms with van der Waals surface area (Å²) in [6.45, 7) is 10.3. The van der Waals surface area contributed by atoms with Gasteiger partial charge in [0.2, 0.25) is 0 Å². The van der Waals surface area contributed by atoms with E-state index >= 15 is 0 Å². The summed E-state index contributed by atoms with van der Waals surface area (Å²) in [6, 6.07) is 0. The zero-order valence-electron chi connectivity index (χ0n) is 8.50. The molecule has 0 heterocycles. The van der Waals surface area contributed by atoms with Crippen molar-refractivity contribution in [1.82, 2.24) is 5.09 Å². The van der Waals surface area contributed by atoms with Crippen molar-refractivity contribution in [3.63, 3.8) is 0 Å². The van der Waals surface area contributed by atoms with E-state index in [0.717, 1.165) is 0 Å². The summed E-state index contributed by atoms with van der Waals surface area (Å²) in [6.07, 6.45) is 0. The smallest absolute Gasteiger partial charge is 0.250 e. The van der Waals surface area contributed by atoms with Gasteiger partial charge in [-0.15, -0.1) is 0 Å². The van der Waals surface area contributed by atoms with Crippen molar-refractivity contribution >= 4 is 8.53 Å². The van der Waals surface area contributed by atoms with E-state index in [1.54, 1.807) is 0 Å². The van der Waals surface area contributed by atoms with Gasteiger partial charge in [0.05, 0.1) is 0 Å². The Labute approximate surface area is 76.2 Å². The van der Waals surface area contributed by atoms with Crippen molar-refractivity contribution in [2.75, 3.05) is 0 Å². The maximum absolute atomic E-state index is 8.90. The molecule has 0 aromatic rings. The van der Waals surface area contributed by atoms with Crippen LogP contribution in [0.5, 0.6) is 0 Å². The molecule has 3 N–H and O–H groups in total. The maximum atomic E-state index is 8.90. The highest BCUT2D eigenvalue weighted by Crippen LogP contribution is 2.33. The van der Waals surface area contributed by atoms with Gasteiger partial charge in [-0.3, -0.25) is 0 Å². The second-order valence-corrected chi connectivity index (χ2v) is 4.80. The topological polar surface area (TPSA) is 52.5 Å². The van der Waals surface area contributed by atoms with Crippen LogP contribution in [-0.2, 0) is 0 Å². The Morgan fingerprint density at radius 1 is 1.08 bits per heavy atom. The molecule has 3 nitrogen and oxygen atoms in total. The summed E-state index contributed by atoms with van der Waals surface area (Å²) in [5.41, 5.74) is -0.199. The summed E-state index contributed by atoms with van der Waals surface area (Å²) in [5, 5.41) is 2.83. The minimum absolute atomic E-state index is 0.199. The van der Waals surface area contributed by atoms with Crippen LogP contribution in [0.3, 0.4) is 0 Å². The van der Waals surface area contributed by atoms with Crippen molar-refractivity contribution in [1.29, 1.82) is 0 Å². The molecule has 0 saturated carbocycles. The molecular formula is C8H20NO2P. The zero-order chi connectivity index (χ0) is 9.94. The molecule has 0 saturated heterocycles. The van der Waals surface area contributed by atoms with Gasteiger partial charge in [0, 0.05) is 5.54 Å². The van der Waals surface area contributed by atoms with Crippen molar-refractivity contribution in [3.05, 3.63) is 0 Å². The van der Waals surface area contributed by atoms with Crippen LogP contribution in [0.2, 0.25) is 0 Å². The van der Waals surface area contributed by atoms with Gasteiger partial charge in [-0.25, -0.2) is 5.09 Å². The molecule has 0 radical (unpaired) electrons. The third-order valence-corrected chi connectivity index (χ3v) is 3.42. The Bertz CT molecular complexity index is 129. The fraction of sp³-hybridized carbons (Fsp3) is 1.00. The first-order valence-corrected chi connectivity index (χ1v) is 5.51. The molecule has 4 heteroatoms. The fourth-order valence-electron chi connectivity index (χ4n) is 1.14. The highest BCUT2D eigenvalue weighted by atomic mass is 31.2. The minimum Gasteiger partial charge on any atom is -0.338 e. The lowest BCUT2D eigenvalue weighted by molar-refractivity contribution is 0.213. The van der Waals surface area contributed by atoms with Gasteiger partial charge in [-0.05, 0) is 18.8 Å². The summed E-state index contributed by atoms with van der Waals surface area (Å²) < 4.78 is 0. The lowest BCUT2D eigenvalue weighted by atomic mass is 9.80. The average molecular weight is 193 g/mol. The first kappa shape index (κ1) is 12.3. The van der Waals surface area contributed by atoms with Crippen molar-refractivity contribution in [2.24, 2.45) is 11.8 Å². The van der Waals surface area contributed by atoms with Crippen LogP contribution in [0.25, 0.3) is 0 Å². The Morgan fingerprint density at radius 2 is 1.42 bits per heavy atom. The van der Waals surface area contributed by atoms with Crippen LogP contribution in [0.4, 0.5) is 0 Å². The van der Waals surface area contributed by atoms with E-state index in [-0.39, 0.29) is 5.54 Å². The van der Waals surface area contributed by atoms with E-state index in [1.165, 1.54) is 0 Å². The first-order chi connectivity index (χ1) is 5.30. The van der Waals surface area contributed by atoms with Crippen LogP contribution in [0.1, 0.15) is 34.6 Å².